The maximum atomic E-state index is 13.2. The standard InChI is InChI=1S/C88H76N2O8/c1-5-95-71-33-19-55(20-34-71)61-27-41-75-65(47-61)31-45-79(91)81(75)83-77-43-29-63(57-23-37-73(38-24-57)97-7-3)49-67(77)51-69(87(83)93)53-89-85(59-15-11-9-12-16-59)86(60-17-13-10-14-18-60)90-54-70-52-68-50-64(58-25-39-74(40-26-58)98-8-4)30-44-78(68)84(88(70)94)82-76-42-28-62(48-66(76)32-46-80(82)92)56-21-35-72(36-22-56)96-6-2/h9-52,85-86,89-94H,5-8,53-54H2,1-4H3/t85-,86-/m1/s1. The number of nitrogens with one attached hydrogen (secondary N) is 2. The van der Waals surface area contributed by atoms with Gasteiger partial charge in [-0.05, 0) is 223 Å². The van der Waals surface area contributed by atoms with Gasteiger partial charge in [-0.3, -0.25) is 0 Å². The van der Waals surface area contributed by atoms with Crippen LogP contribution in [0.5, 0.6) is 46.0 Å². The molecule has 486 valence electrons. The van der Waals surface area contributed by atoms with Crippen molar-refractivity contribution < 1.29 is 39.4 Å². The number of fused-ring (bicyclic) bond motifs is 4. The van der Waals surface area contributed by atoms with Crippen LogP contribution in [0.1, 0.15) is 62.0 Å². The fourth-order valence-electron chi connectivity index (χ4n) is 13.8. The Hall–Kier alpha value is -11.6. The molecular weight excluding hydrogens is 1210 g/mol. The predicted molar refractivity (Wildman–Crippen MR) is 399 cm³/mol. The van der Waals surface area contributed by atoms with Gasteiger partial charge >= 0.3 is 0 Å². The molecule has 0 saturated heterocycles. The minimum absolute atomic E-state index is 0.0375. The maximum Gasteiger partial charge on any atom is 0.128 e. The van der Waals surface area contributed by atoms with Crippen molar-refractivity contribution in [1.29, 1.82) is 0 Å². The summed E-state index contributed by atoms with van der Waals surface area (Å²) in [5, 5.41) is 65.4. The van der Waals surface area contributed by atoms with Crippen LogP contribution in [-0.4, -0.2) is 46.9 Å². The summed E-state index contributed by atoms with van der Waals surface area (Å²) >= 11 is 0. The fourth-order valence-corrected chi connectivity index (χ4v) is 13.8. The third-order valence-corrected chi connectivity index (χ3v) is 18.5. The van der Waals surface area contributed by atoms with Gasteiger partial charge in [-0.2, -0.15) is 0 Å². The first-order chi connectivity index (χ1) is 48.0. The Morgan fingerprint density at radius 1 is 0.276 bits per heavy atom. The van der Waals surface area contributed by atoms with Gasteiger partial charge in [0.1, 0.15) is 46.0 Å². The van der Waals surface area contributed by atoms with Gasteiger partial charge in [0.15, 0.2) is 0 Å². The Bertz CT molecular complexity index is 4850. The molecule has 0 aliphatic heterocycles. The molecule has 0 radical (unpaired) electrons. The molecule has 2 atom stereocenters. The van der Waals surface area contributed by atoms with Gasteiger partial charge in [0.2, 0.25) is 0 Å². The number of hydrogen-bond acceptors (Lipinski definition) is 10. The smallest absolute Gasteiger partial charge is 0.128 e. The van der Waals surface area contributed by atoms with Crippen LogP contribution in [0.15, 0.2) is 267 Å². The van der Waals surface area contributed by atoms with Crippen LogP contribution in [0.3, 0.4) is 0 Å². The van der Waals surface area contributed by atoms with E-state index in [1.54, 1.807) is 12.1 Å². The first-order valence-corrected chi connectivity index (χ1v) is 33.6. The topological polar surface area (TPSA) is 142 Å². The molecule has 0 bridgehead atoms. The van der Waals surface area contributed by atoms with Gasteiger partial charge < -0.3 is 50.0 Å². The number of benzene rings is 14. The van der Waals surface area contributed by atoms with Crippen LogP contribution in [0, 0.1) is 0 Å². The van der Waals surface area contributed by atoms with Gasteiger partial charge in [0.05, 0.1) is 38.5 Å². The molecule has 0 aromatic heterocycles. The van der Waals surface area contributed by atoms with Crippen molar-refractivity contribution in [2.24, 2.45) is 0 Å². The maximum absolute atomic E-state index is 13.2. The van der Waals surface area contributed by atoms with E-state index in [9.17, 15) is 20.4 Å². The molecule has 0 spiro atoms. The van der Waals surface area contributed by atoms with Crippen LogP contribution >= 0.6 is 0 Å². The Morgan fingerprint density at radius 2 is 0.551 bits per heavy atom. The van der Waals surface area contributed by atoms with Gasteiger partial charge in [-0.1, -0.05) is 170 Å². The summed E-state index contributed by atoms with van der Waals surface area (Å²) in [7, 11) is 0. The van der Waals surface area contributed by atoms with E-state index in [1.807, 2.05) is 149 Å². The lowest BCUT2D eigenvalue weighted by molar-refractivity contribution is 0.340. The minimum atomic E-state index is -0.445. The molecule has 14 aromatic carbocycles. The molecule has 0 fully saturated rings. The molecule has 10 heteroatoms. The van der Waals surface area contributed by atoms with E-state index in [0.717, 1.165) is 122 Å². The second-order valence-corrected chi connectivity index (χ2v) is 24.5. The first-order valence-electron chi connectivity index (χ1n) is 33.6. The summed E-state index contributed by atoms with van der Waals surface area (Å²) in [5.74, 6) is 3.33. The molecule has 10 nitrogen and oxygen atoms in total. The Labute approximate surface area is 571 Å². The average Bonchev–Trinajstić information content (AvgIpc) is 0.749. The van der Waals surface area contributed by atoms with Gasteiger partial charge in [0, 0.05) is 46.5 Å². The number of rotatable bonds is 23. The Balaban J connectivity index is 0.878. The lowest BCUT2D eigenvalue weighted by Crippen LogP contribution is -2.35. The van der Waals surface area contributed by atoms with Crippen LogP contribution in [0.4, 0.5) is 0 Å². The third kappa shape index (κ3) is 13.0. The number of phenolic OH excluding ortho intramolecular Hbond substituents is 4. The van der Waals surface area contributed by atoms with E-state index >= 15 is 0 Å². The fraction of sp³-hybridized carbons (Fsp3) is 0.136. The summed E-state index contributed by atoms with van der Waals surface area (Å²) in [6.45, 7) is 10.6. The highest BCUT2D eigenvalue weighted by Gasteiger charge is 2.29. The zero-order valence-electron chi connectivity index (χ0n) is 55.2. The average molecular weight is 1290 g/mol. The summed E-state index contributed by atoms with van der Waals surface area (Å²) in [5.41, 5.74) is 13.3. The van der Waals surface area contributed by atoms with Crippen molar-refractivity contribution >= 4 is 43.1 Å². The van der Waals surface area contributed by atoms with Crippen molar-refractivity contribution in [1.82, 2.24) is 10.6 Å². The van der Waals surface area contributed by atoms with Gasteiger partial charge in [0.25, 0.3) is 0 Å². The number of ether oxygens (including phenoxy) is 4. The quantitative estimate of drug-likeness (QED) is 0.0367. The zero-order valence-corrected chi connectivity index (χ0v) is 55.2. The molecule has 0 amide bonds. The van der Waals surface area contributed by atoms with Crippen LogP contribution < -0.4 is 29.6 Å². The predicted octanol–water partition coefficient (Wildman–Crippen LogP) is 21.1. The van der Waals surface area contributed by atoms with Gasteiger partial charge in [-0.25, -0.2) is 0 Å². The number of phenols is 4. The van der Waals surface area contributed by atoms with E-state index in [-0.39, 0.29) is 36.1 Å². The largest absolute Gasteiger partial charge is 0.507 e. The molecule has 0 heterocycles. The first kappa shape index (κ1) is 63.8. The second kappa shape index (κ2) is 28.4. The molecule has 0 unspecified atom stereocenters. The second-order valence-electron chi connectivity index (χ2n) is 24.5. The highest BCUT2D eigenvalue weighted by molar-refractivity contribution is 6.13. The van der Waals surface area contributed by atoms with E-state index in [1.165, 1.54) is 0 Å². The molecule has 0 aliphatic carbocycles. The molecule has 98 heavy (non-hydrogen) atoms. The molecule has 14 aromatic rings. The number of aromatic hydroxyl groups is 4. The van der Waals surface area contributed by atoms with E-state index < -0.39 is 12.1 Å². The van der Waals surface area contributed by atoms with Crippen molar-refractivity contribution in [2.75, 3.05) is 26.4 Å². The molecule has 0 aliphatic rings. The number of hydrogen-bond donors (Lipinski definition) is 6. The molecular formula is C88H76N2O8. The molecule has 0 saturated carbocycles. The van der Waals surface area contributed by atoms with Gasteiger partial charge in [-0.15, -0.1) is 0 Å². The SMILES string of the molecule is CCOc1ccc(-c2ccc3c(-c4c(O)c(CN[C@H](c5ccccc5)[C@H](NCc5cc6cc(-c7ccc(OCC)cc7)ccc6c(-c6c(O)ccc7cc(-c8ccc(OCC)cc8)ccc67)c5O)c5ccccc5)cc5cc(-c6ccc(OCC)cc6)ccc45)c(O)ccc3c2)cc1. The van der Waals surface area contributed by atoms with E-state index in [2.05, 4.69) is 144 Å². The summed E-state index contributed by atoms with van der Waals surface area (Å²) in [6, 6.07) is 88.3. The van der Waals surface area contributed by atoms with Crippen molar-refractivity contribution in [2.45, 2.75) is 52.9 Å². The summed E-state index contributed by atoms with van der Waals surface area (Å²) in [6.07, 6.45) is 0. The minimum Gasteiger partial charge on any atom is -0.507 e. The zero-order chi connectivity index (χ0) is 67.2. The summed E-state index contributed by atoms with van der Waals surface area (Å²) < 4.78 is 23.2. The van der Waals surface area contributed by atoms with Crippen molar-refractivity contribution in [3.8, 4) is 113 Å². The Kier molecular flexibility index (Phi) is 18.5. The van der Waals surface area contributed by atoms with Crippen LogP contribution in [0.2, 0.25) is 0 Å². The molecule has 6 N–H and O–H groups in total. The lowest BCUT2D eigenvalue weighted by atomic mass is 9.87. The van der Waals surface area contributed by atoms with Crippen LogP contribution in [0.25, 0.3) is 110 Å². The van der Waals surface area contributed by atoms with Crippen LogP contribution in [-0.2, 0) is 13.1 Å². The third-order valence-electron chi connectivity index (χ3n) is 18.5. The monoisotopic (exact) mass is 1290 g/mol. The summed E-state index contributed by atoms with van der Waals surface area (Å²) in [4.78, 5) is 0. The lowest BCUT2D eigenvalue weighted by Gasteiger charge is -2.31. The van der Waals surface area contributed by atoms with Crippen molar-refractivity contribution in [3.05, 3.63) is 289 Å². The highest BCUT2D eigenvalue weighted by atomic mass is 16.5. The molecule has 14 rings (SSSR count). The van der Waals surface area contributed by atoms with E-state index in [4.69, 9.17) is 18.9 Å². The van der Waals surface area contributed by atoms with E-state index in [0.29, 0.717) is 59.8 Å². The normalized spacial score (nSPS) is 12.1. The highest BCUT2D eigenvalue weighted by Crippen LogP contribution is 2.50. The van der Waals surface area contributed by atoms with Crippen molar-refractivity contribution in [3.63, 3.8) is 0 Å². The Morgan fingerprint density at radius 3 is 0.847 bits per heavy atom.